The Hall–Kier alpha value is -2.69. The largest absolute Gasteiger partial charge is 0.493 e. The van der Waals surface area contributed by atoms with Gasteiger partial charge in [0.25, 0.3) is 0 Å². The highest BCUT2D eigenvalue weighted by atomic mass is 16.5. The lowest BCUT2D eigenvalue weighted by atomic mass is 10.1. The van der Waals surface area contributed by atoms with Crippen LogP contribution in [0.5, 0.6) is 11.5 Å². The molecule has 2 aromatic rings. The van der Waals surface area contributed by atoms with Crippen molar-refractivity contribution in [2.24, 2.45) is 5.92 Å². The first-order chi connectivity index (χ1) is 12.4. The molecule has 5 nitrogen and oxygen atoms in total. The molecule has 0 fully saturated rings. The van der Waals surface area contributed by atoms with Gasteiger partial charge < -0.3 is 19.2 Å². The van der Waals surface area contributed by atoms with Gasteiger partial charge in [-0.15, -0.1) is 0 Å². The maximum Gasteiger partial charge on any atom is 0.244 e. The number of carbonyl (C=O) groups excluding carboxylic acids is 1. The topological polar surface area (TPSA) is 60.7 Å². The summed E-state index contributed by atoms with van der Waals surface area (Å²) in [6.45, 7) is 8.60. The molecule has 1 heterocycles. The van der Waals surface area contributed by atoms with Gasteiger partial charge in [-0.05, 0) is 55.7 Å². The number of ether oxygens (including phenoxy) is 2. The van der Waals surface area contributed by atoms with E-state index in [1.54, 1.807) is 13.2 Å². The van der Waals surface area contributed by atoms with Gasteiger partial charge in [-0.1, -0.05) is 19.9 Å². The Labute approximate surface area is 155 Å². The number of aryl methyl sites for hydroxylation is 1. The molecule has 0 saturated heterocycles. The molecule has 0 spiro atoms. The second-order valence-corrected chi connectivity index (χ2v) is 6.63. The molecule has 0 aliphatic carbocycles. The summed E-state index contributed by atoms with van der Waals surface area (Å²) in [5.74, 6) is 3.07. The van der Waals surface area contributed by atoms with Crippen LogP contribution in [0.25, 0.3) is 6.08 Å². The van der Waals surface area contributed by atoms with E-state index in [1.807, 2.05) is 44.2 Å². The van der Waals surface area contributed by atoms with Gasteiger partial charge in [0.05, 0.1) is 19.8 Å². The Morgan fingerprint density at radius 1 is 1.19 bits per heavy atom. The Balaban J connectivity index is 2.00. The van der Waals surface area contributed by atoms with Crippen molar-refractivity contribution in [1.29, 1.82) is 0 Å². The maximum absolute atomic E-state index is 12.1. The molecule has 1 aromatic carbocycles. The van der Waals surface area contributed by atoms with Crippen LogP contribution in [0.3, 0.4) is 0 Å². The first kappa shape index (κ1) is 19.6. The lowest BCUT2D eigenvalue weighted by Gasteiger charge is -2.17. The molecule has 0 saturated carbocycles. The minimum Gasteiger partial charge on any atom is -0.493 e. The summed E-state index contributed by atoms with van der Waals surface area (Å²) in [6.07, 6.45) is 3.12. The van der Waals surface area contributed by atoms with Gasteiger partial charge in [0.15, 0.2) is 11.5 Å². The normalized spacial score (nSPS) is 12.4. The number of amides is 1. The number of benzene rings is 1. The summed E-state index contributed by atoms with van der Waals surface area (Å²) in [5, 5.41) is 2.93. The van der Waals surface area contributed by atoms with Gasteiger partial charge in [0.2, 0.25) is 5.91 Å². The van der Waals surface area contributed by atoms with Crippen LogP contribution in [-0.4, -0.2) is 19.6 Å². The van der Waals surface area contributed by atoms with Crippen LogP contribution in [-0.2, 0) is 4.79 Å². The van der Waals surface area contributed by atoms with E-state index in [2.05, 4.69) is 19.2 Å². The van der Waals surface area contributed by atoms with Gasteiger partial charge in [-0.25, -0.2) is 0 Å². The molecule has 1 unspecified atom stereocenters. The van der Waals surface area contributed by atoms with Gasteiger partial charge in [-0.3, -0.25) is 4.79 Å². The predicted octanol–water partition coefficient (Wildman–Crippen LogP) is 4.52. The first-order valence-electron chi connectivity index (χ1n) is 8.74. The number of methoxy groups -OCH3 is 1. The molecule has 2 rings (SSSR count). The van der Waals surface area contributed by atoms with Crippen molar-refractivity contribution < 1.29 is 18.7 Å². The third kappa shape index (κ3) is 5.69. The number of hydrogen-bond acceptors (Lipinski definition) is 4. The standard InChI is InChI=1S/C21H27NO4/c1-14(2)13-25-19-10-7-17(12-20(19)24-5)16(4)22-21(23)11-9-18-8-6-15(3)26-18/h6-12,14,16H,13H2,1-5H3,(H,22,23)/b11-9+. The second kappa shape index (κ2) is 9.13. The van der Waals surface area contributed by atoms with Crippen LogP contribution >= 0.6 is 0 Å². The summed E-state index contributed by atoms with van der Waals surface area (Å²) in [6, 6.07) is 9.21. The highest BCUT2D eigenvalue weighted by Crippen LogP contribution is 2.30. The lowest BCUT2D eigenvalue weighted by molar-refractivity contribution is -0.117. The summed E-state index contributed by atoms with van der Waals surface area (Å²) in [4.78, 5) is 12.1. The van der Waals surface area contributed by atoms with Crippen LogP contribution in [0, 0.1) is 12.8 Å². The van der Waals surface area contributed by atoms with Crippen molar-refractivity contribution in [3.05, 3.63) is 53.5 Å². The molecule has 0 aliphatic heterocycles. The van der Waals surface area contributed by atoms with E-state index < -0.39 is 0 Å². The van der Waals surface area contributed by atoms with E-state index in [0.29, 0.717) is 29.8 Å². The fourth-order valence-corrected chi connectivity index (χ4v) is 2.37. The summed E-state index contributed by atoms with van der Waals surface area (Å²) >= 11 is 0. The van der Waals surface area contributed by atoms with Crippen LogP contribution < -0.4 is 14.8 Å². The number of furan rings is 1. The molecule has 1 aromatic heterocycles. The molecular weight excluding hydrogens is 330 g/mol. The van der Waals surface area contributed by atoms with E-state index >= 15 is 0 Å². The molecule has 1 atom stereocenters. The third-order valence-corrected chi connectivity index (χ3v) is 3.78. The zero-order chi connectivity index (χ0) is 19.1. The van der Waals surface area contributed by atoms with E-state index in [9.17, 15) is 4.79 Å². The molecule has 26 heavy (non-hydrogen) atoms. The van der Waals surface area contributed by atoms with E-state index in [-0.39, 0.29) is 11.9 Å². The van der Waals surface area contributed by atoms with Crippen LogP contribution in [0.4, 0.5) is 0 Å². The fraction of sp³-hybridized carbons (Fsp3) is 0.381. The Morgan fingerprint density at radius 2 is 1.96 bits per heavy atom. The SMILES string of the molecule is COc1cc(C(C)NC(=O)/C=C/c2ccc(C)o2)ccc1OCC(C)C. The zero-order valence-electron chi connectivity index (χ0n) is 16.0. The van der Waals surface area contributed by atoms with Crippen molar-refractivity contribution in [3.63, 3.8) is 0 Å². The number of carbonyl (C=O) groups is 1. The molecule has 0 radical (unpaired) electrons. The summed E-state index contributed by atoms with van der Waals surface area (Å²) in [5.41, 5.74) is 0.939. The monoisotopic (exact) mass is 357 g/mol. The highest BCUT2D eigenvalue weighted by Gasteiger charge is 2.12. The second-order valence-electron chi connectivity index (χ2n) is 6.63. The van der Waals surface area contributed by atoms with Gasteiger partial charge in [0.1, 0.15) is 11.5 Å². The van der Waals surface area contributed by atoms with Crippen molar-refractivity contribution in [1.82, 2.24) is 5.32 Å². The first-order valence-corrected chi connectivity index (χ1v) is 8.74. The number of rotatable bonds is 8. The molecular formula is C21H27NO4. The van der Waals surface area contributed by atoms with E-state index in [1.165, 1.54) is 6.08 Å². The average molecular weight is 357 g/mol. The van der Waals surface area contributed by atoms with Crippen molar-refractivity contribution >= 4 is 12.0 Å². The van der Waals surface area contributed by atoms with Crippen LogP contribution in [0.2, 0.25) is 0 Å². The number of hydrogen-bond donors (Lipinski definition) is 1. The highest BCUT2D eigenvalue weighted by molar-refractivity contribution is 5.91. The third-order valence-electron chi connectivity index (χ3n) is 3.78. The Bertz CT molecular complexity index is 761. The Kier molecular flexibility index (Phi) is 6.89. The smallest absolute Gasteiger partial charge is 0.244 e. The number of nitrogens with one attached hydrogen (secondary N) is 1. The quantitative estimate of drug-likeness (QED) is 0.706. The minimum atomic E-state index is -0.189. The average Bonchev–Trinajstić information content (AvgIpc) is 3.03. The molecule has 1 amide bonds. The molecule has 1 N–H and O–H groups in total. The molecule has 0 bridgehead atoms. The zero-order valence-corrected chi connectivity index (χ0v) is 16.0. The maximum atomic E-state index is 12.1. The van der Waals surface area contributed by atoms with Crippen LogP contribution in [0.1, 0.15) is 43.9 Å². The Morgan fingerprint density at radius 3 is 2.58 bits per heavy atom. The van der Waals surface area contributed by atoms with Crippen molar-refractivity contribution in [2.75, 3.05) is 13.7 Å². The molecule has 5 heteroatoms. The van der Waals surface area contributed by atoms with Gasteiger partial charge in [-0.2, -0.15) is 0 Å². The van der Waals surface area contributed by atoms with Crippen LogP contribution in [0.15, 0.2) is 40.8 Å². The van der Waals surface area contributed by atoms with Crippen molar-refractivity contribution in [2.45, 2.75) is 33.7 Å². The summed E-state index contributed by atoms with van der Waals surface area (Å²) in [7, 11) is 1.61. The predicted molar refractivity (Wildman–Crippen MR) is 102 cm³/mol. The fourth-order valence-electron chi connectivity index (χ4n) is 2.37. The molecule has 0 aliphatic rings. The molecule has 140 valence electrons. The van der Waals surface area contributed by atoms with Crippen molar-refractivity contribution in [3.8, 4) is 11.5 Å². The summed E-state index contributed by atoms with van der Waals surface area (Å²) < 4.78 is 16.6. The lowest BCUT2D eigenvalue weighted by Crippen LogP contribution is -2.24. The van der Waals surface area contributed by atoms with E-state index in [0.717, 1.165) is 11.3 Å². The minimum absolute atomic E-state index is 0.168. The van der Waals surface area contributed by atoms with Gasteiger partial charge in [0, 0.05) is 6.08 Å². The van der Waals surface area contributed by atoms with Gasteiger partial charge >= 0.3 is 0 Å². The van der Waals surface area contributed by atoms with E-state index in [4.69, 9.17) is 13.9 Å².